The molecule has 0 spiro atoms. The lowest BCUT2D eigenvalue weighted by molar-refractivity contribution is -0.136. The summed E-state index contributed by atoms with van der Waals surface area (Å²) in [6.45, 7) is 3.94. The van der Waals surface area contributed by atoms with E-state index in [2.05, 4.69) is 6.92 Å². The number of hydrogen-bond donors (Lipinski definition) is 1. The molecule has 1 saturated heterocycles. The van der Waals surface area contributed by atoms with Crippen molar-refractivity contribution in [3.05, 3.63) is 0 Å². The van der Waals surface area contributed by atoms with Gasteiger partial charge in [-0.1, -0.05) is 19.8 Å². The van der Waals surface area contributed by atoms with Crippen molar-refractivity contribution >= 4 is 17.7 Å². The normalized spacial score (nSPS) is 30.5. The van der Waals surface area contributed by atoms with Gasteiger partial charge in [0.1, 0.15) is 0 Å². The summed E-state index contributed by atoms with van der Waals surface area (Å²) in [4.78, 5) is 14.2. The monoisotopic (exact) mass is 228 g/mol. The van der Waals surface area contributed by atoms with Gasteiger partial charge in [0.15, 0.2) is 0 Å². The molecule has 3 nitrogen and oxygen atoms in total. The van der Waals surface area contributed by atoms with Crippen molar-refractivity contribution in [2.45, 2.75) is 43.4 Å². The highest BCUT2D eigenvalue weighted by Gasteiger charge is 2.40. The van der Waals surface area contributed by atoms with Crippen LogP contribution in [0.5, 0.6) is 0 Å². The highest BCUT2D eigenvalue weighted by atomic mass is 32.2. The highest BCUT2D eigenvalue weighted by molar-refractivity contribution is 7.99. The van der Waals surface area contributed by atoms with E-state index in [-0.39, 0.29) is 5.91 Å². The van der Waals surface area contributed by atoms with Crippen molar-refractivity contribution in [1.82, 2.24) is 4.90 Å². The van der Waals surface area contributed by atoms with Gasteiger partial charge in [-0.3, -0.25) is 4.79 Å². The van der Waals surface area contributed by atoms with Crippen LogP contribution in [0.1, 0.15) is 32.6 Å². The van der Waals surface area contributed by atoms with E-state index in [1.807, 2.05) is 16.7 Å². The van der Waals surface area contributed by atoms with Crippen LogP contribution in [0.25, 0.3) is 0 Å². The third-order valence-electron chi connectivity index (χ3n) is 3.45. The number of amides is 1. The Morgan fingerprint density at radius 2 is 2.13 bits per heavy atom. The van der Waals surface area contributed by atoms with Crippen LogP contribution in [0.3, 0.4) is 0 Å². The molecule has 1 amide bonds. The molecule has 2 N–H and O–H groups in total. The smallest absolute Gasteiger partial charge is 0.242 e. The maximum Gasteiger partial charge on any atom is 0.242 e. The molecule has 15 heavy (non-hydrogen) atoms. The fourth-order valence-electron chi connectivity index (χ4n) is 2.54. The maximum absolute atomic E-state index is 12.3. The Balaban J connectivity index is 2.00. The predicted molar refractivity (Wildman–Crippen MR) is 63.9 cm³/mol. The van der Waals surface area contributed by atoms with E-state index in [0.717, 1.165) is 44.5 Å². The van der Waals surface area contributed by atoms with Gasteiger partial charge in [0, 0.05) is 24.1 Å². The lowest BCUT2D eigenvalue weighted by Gasteiger charge is -2.36. The lowest BCUT2D eigenvalue weighted by Crippen LogP contribution is -2.56. The van der Waals surface area contributed by atoms with Crippen LogP contribution in [0.15, 0.2) is 0 Å². The zero-order valence-electron chi connectivity index (χ0n) is 9.37. The molecule has 2 rings (SSSR count). The van der Waals surface area contributed by atoms with Crippen molar-refractivity contribution in [1.29, 1.82) is 0 Å². The molecule has 1 aliphatic heterocycles. The number of carbonyl (C=O) groups is 1. The van der Waals surface area contributed by atoms with E-state index in [1.54, 1.807) is 0 Å². The minimum absolute atomic E-state index is 0.201. The van der Waals surface area contributed by atoms with E-state index in [1.165, 1.54) is 0 Å². The summed E-state index contributed by atoms with van der Waals surface area (Å²) in [6.07, 6.45) is 3.98. The highest BCUT2D eigenvalue weighted by Crippen LogP contribution is 2.30. The van der Waals surface area contributed by atoms with Crippen LogP contribution < -0.4 is 5.73 Å². The van der Waals surface area contributed by atoms with Gasteiger partial charge >= 0.3 is 0 Å². The van der Waals surface area contributed by atoms with Crippen LogP contribution in [-0.4, -0.2) is 40.4 Å². The molecular weight excluding hydrogens is 208 g/mol. The largest absolute Gasteiger partial charge is 0.339 e. The van der Waals surface area contributed by atoms with Crippen LogP contribution in [0, 0.1) is 0 Å². The lowest BCUT2D eigenvalue weighted by atomic mass is 9.97. The second-order valence-corrected chi connectivity index (χ2v) is 6.34. The average molecular weight is 228 g/mol. The average Bonchev–Trinajstić information content (AvgIpc) is 2.65. The van der Waals surface area contributed by atoms with Gasteiger partial charge in [-0.2, -0.15) is 11.8 Å². The molecule has 1 atom stereocenters. The Kier molecular flexibility index (Phi) is 3.26. The molecule has 1 saturated carbocycles. The quantitative estimate of drug-likeness (QED) is 0.734. The first-order valence-electron chi connectivity index (χ1n) is 5.82. The molecule has 2 fully saturated rings. The second-order valence-electron chi connectivity index (χ2n) is 4.80. The van der Waals surface area contributed by atoms with Gasteiger partial charge in [0.25, 0.3) is 0 Å². The molecule has 4 heteroatoms. The molecule has 1 unspecified atom stereocenters. The van der Waals surface area contributed by atoms with Crippen molar-refractivity contribution < 1.29 is 4.79 Å². The van der Waals surface area contributed by atoms with Gasteiger partial charge < -0.3 is 10.6 Å². The summed E-state index contributed by atoms with van der Waals surface area (Å²) in [7, 11) is 0. The summed E-state index contributed by atoms with van der Waals surface area (Å²) in [5.41, 5.74) is 5.65. The molecule has 2 aliphatic rings. The van der Waals surface area contributed by atoms with Crippen LogP contribution >= 0.6 is 11.8 Å². The van der Waals surface area contributed by atoms with Crippen LogP contribution in [0.4, 0.5) is 0 Å². The SMILES string of the molecule is CC1CN(C(=O)C2(N)CCCC2)CCS1. The first kappa shape index (κ1) is 11.3. The van der Waals surface area contributed by atoms with E-state index in [0.29, 0.717) is 5.25 Å². The summed E-state index contributed by atoms with van der Waals surface area (Å²) in [6, 6.07) is 0. The third kappa shape index (κ3) is 2.31. The maximum atomic E-state index is 12.3. The number of thioether (sulfide) groups is 1. The minimum Gasteiger partial charge on any atom is -0.339 e. The van der Waals surface area contributed by atoms with Gasteiger partial charge in [-0.15, -0.1) is 0 Å². The number of nitrogens with zero attached hydrogens (tertiary/aromatic N) is 1. The fraction of sp³-hybridized carbons (Fsp3) is 0.909. The van der Waals surface area contributed by atoms with Crippen molar-refractivity contribution in [2.24, 2.45) is 5.73 Å². The molecule has 0 radical (unpaired) electrons. The number of hydrogen-bond acceptors (Lipinski definition) is 3. The van der Waals surface area contributed by atoms with Gasteiger partial charge in [-0.25, -0.2) is 0 Å². The van der Waals surface area contributed by atoms with Crippen molar-refractivity contribution in [3.8, 4) is 0 Å². The third-order valence-corrected chi connectivity index (χ3v) is 4.59. The second kappa shape index (κ2) is 4.34. The molecule has 0 aromatic heterocycles. The summed E-state index contributed by atoms with van der Waals surface area (Å²) in [5.74, 6) is 1.26. The van der Waals surface area contributed by atoms with E-state index < -0.39 is 5.54 Å². The predicted octanol–water partition coefficient (Wildman–Crippen LogP) is 1.22. The topological polar surface area (TPSA) is 46.3 Å². The van der Waals surface area contributed by atoms with Crippen LogP contribution in [0.2, 0.25) is 0 Å². The van der Waals surface area contributed by atoms with E-state index >= 15 is 0 Å². The summed E-state index contributed by atoms with van der Waals surface area (Å²) >= 11 is 1.95. The molecule has 0 aromatic rings. The van der Waals surface area contributed by atoms with Crippen LogP contribution in [-0.2, 0) is 4.79 Å². The Hall–Kier alpha value is -0.220. The molecular formula is C11H20N2OS. The first-order valence-corrected chi connectivity index (χ1v) is 6.86. The Morgan fingerprint density at radius 1 is 1.47 bits per heavy atom. The van der Waals surface area contributed by atoms with Gasteiger partial charge in [0.05, 0.1) is 5.54 Å². The van der Waals surface area contributed by atoms with Gasteiger partial charge in [-0.05, 0) is 12.8 Å². The Morgan fingerprint density at radius 3 is 2.73 bits per heavy atom. The summed E-state index contributed by atoms with van der Waals surface area (Å²) < 4.78 is 0. The fourth-order valence-corrected chi connectivity index (χ4v) is 3.55. The van der Waals surface area contributed by atoms with Crippen molar-refractivity contribution in [3.63, 3.8) is 0 Å². The van der Waals surface area contributed by atoms with E-state index in [9.17, 15) is 4.79 Å². The number of nitrogens with two attached hydrogens (primary N) is 1. The Bertz CT molecular complexity index is 251. The number of carbonyl (C=O) groups excluding carboxylic acids is 1. The molecule has 0 bridgehead atoms. The molecule has 1 aliphatic carbocycles. The standard InChI is InChI=1S/C11H20N2OS/c1-9-8-13(6-7-15-9)10(14)11(12)4-2-3-5-11/h9H,2-8,12H2,1H3. The Labute approximate surface area is 95.8 Å². The van der Waals surface area contributed by atoms with E-state index in [4.69, 9.17) is 5.73 Å². The zero-order chi connectivity index (χ0) is 10.9. The molecule has 0 aromatic carbocycles. The minimum atomic E-state index is -0.526. The number of rotatable bonds is 1. The molecule has 86 valence electrons. The van der Waals surface area contributed by atoms with Gasteiger partial charge in [0.2, 0.25) is 5.91 Å². The first-order chi connectivity index (χ1) is 7.12. The molecule has 1 heterocycles. The summed E-state index contributed by atoms with van der Waals surface area (Å²) in [5, 5.41) is 0.563. The van der Waals surface area contributed by atoms with Crippen molar-refractivity contribution in [2.75, 3.05) is 18.8 Å². The zero-order valence-corrected chi connectivity index (χ0v) is 10.2.